The predicted molar refractivity (Wildman–Crippen MR) is 74.0 cm³/mol. The van der Waals surface area contributed by atoms with E-state index >= 15 is 0 Å². The van der Waals surface area contributed by atoms with E-state index in [9.17, 15) is 4.79 Å². The lowest BCUT2D eigenvalue weighted by Gasteiger charge is -2.40. The van der Waals surface area contributed by atoms with Gasteiger partial charge in [0.15, 0.2) is 0 Å². The van der Waals surface area contributed by atoms with E-state index in [-0.39, 0.29) is 11.9 Å². The maximum atomic E-state index is 11.9. The summed E-state index contributed by atoms with van der Waals surface area (Å²) in [6, 6.07) is 5.80. The van der Waals surface area contributed by atoms with Gasteiger partial charge in [-0.25, -0.2) is 0 Å². The molecule has 1 fully saturated rings. The predicted octanol–water partition coefficient (Wildman–Crippen LogP) is 1.25. The molecule has 0 saturated carbocycles. The second-order valence-electron chi connectivity index (χ2n) is 4.71. The Kier molecular flexibility index (Phi) is 3.78. The van der Waals surface area contributed by atoms with Crippen molar-refractivity contribution in [3.05, 3.63) is 28.8 Å². The molecule has 0 aliphatic carbocycles. The van der Waals surface area contributed by atoms with E-state index in [0.29, 0.717) is 18.1 Å². The summed E-state index contributed by atoms with van der Waals surface area (Å²) < 4.78 is 0. The molecule has 5 heteroatoms. The molecule has 1 atom stereocenters. The molecular formula is C13H18ClN3O. The van der Waals surface area contributed by atoms with E-state index in [2.05, 4.69) is 4.90 Å². The summed E-state index contributed by atoms with van der Waals surface area (Å²) in [6.07, 6.45) is 0. The summed E-state index contributed by atoms with van der Waals surface area (Å²) in [7, 11) is 1.81. The van der Waals surface area contributed by atoms with Crippen LogP contribution in [0.3, 0.4) is 0 Å². The van der Waals surface area contributed by atoms with Gasteiger partial charge in [0.25, 0.3) is 0 Å². The van der Waals surface area contributed by atoms with Gasteiger partial charge in [0.1, 0.15) is 0 Å². The standard InChI is InChI=1S/C13H18ClN3O/c1-9-5-10(14)3-4-12(9)17-7-11(6-15)16(2)13(18)8-17/h3-5,11H,6-8,15H2,1-2H3. The summed E-state index contributed by atoms with van der Waals surface area (Å²) in [6.45, 7) is 3.64. The van der Waals surface area contributed by atoms with Crippen molar-refractivity contribution in [1.29, 1.82) is 0 Å². The van der Waals surface area contributed by atoms with Crippen LogP contribution in [0.15, 0.2) is 18.2 Å². The summed E-state index contributed by atoms with van der Waals surface area (Å²) in [5, 5.41) is 0.715. The van der Waals surface area contributed by atoms with Crippen LogP contribution in [0.25, 0.3) is 0 Å². The molecule has 1 heterocycles. The molecular weight excluding hydrogens is 250 g/mol. The number of carbonyl (C=O) groups is 1. The van der Waals surface area contributed by atoms with Gasteiger partial charge in [-0.3, -0.25) is 4.79 Å². The van der Waals surface area contributed by atoms with Gasteiger partial charge in [-0.1, -0.05) is 11.6 Å². The SMILES string of the molecule is Cc1cc(Cl)ccc1N1CC(=O)N(C)C(CN)C1. The normalized spacial score (nSPS) is 20.4. The highest BCUT2D eigenvalue weighted by molar-refractivity contribution is 6.30. The lowest BCUT2D eigenvalue weighted by molar-refractivity contribution is -0.131. The van der Waals surface area contributed by atoms with Crippen LogP contribution in [0.2, 0.25) is 5.02 Å². The average molecular weight is 268 g/mol. The first-order valence-corrected chi connectivity index (χ1v) is 6.37. The Morgan fingerprint density at radius 1 is 1.50 bits per heavy atom. The van der Waals surface area contributed by atoms with E-state index in [4.69, 9.17) is 17.3 Å². The van der Waals surface area contributed by atoms with Crippen LogP contribution in [-0.4, -0.2) is 43.5 Å². The van der Waals surface area contributed by atoms with Gasteiger partial charge < -0.3 is 15.5 Å². The highest BCUT2D eigenvalue weighted by atomic mass is 35.5. The van der Waals surface area contributed by atoms with Crippen molar-refractivity contribution in [3.63, 3.8) is 0 Å². The summed E-state index contributed by atoms with van der Waals surface area (Å²) in [4.78, 5) is 15.7. The van der Waals surface area contributed by atoms with Crippen LogP contribution in [0.1, 0.15) is 5.56 Å². The molecule has 0 aromatic heterocycles. The van der Waals surface area contributed by atoms with Gasteiger partial charge in [-0.05, 0) is 30.7 Å². The number of nitrogens with two attached hydrogens (primary N) is 1. The Hall–Kier alpha value is -1.26. The van der Waals surface area contributed by atoms with Gasteiger partial charge >= 0.3 is 0 Å². The van der Waals surface area contributed by atoms with Crippen LogP contribution in [0.4, 0.5) is 5.69 Å². The average Bonchev–Trinajstić information content (AvgIpc) is 2.32. The van der Waals surface area contributed by atoms with Gasteiger partial charge in [0, 0.05) is 30.8 Å². The summed E-state index contributed by atoms with van der Waals surface area (Å²) >= 11 is 5.95. The Bertz CT molecular complexity index is 464. The van der Waals surface area contributed by atoms with Crippen molar-refractivity contribution < 1.29 is 4.79 Å². The molecule has 4 nitrogen and oxygen atoms in total. The number of piperazine rings is 1. The zero-order chi connectivity index (χ0) is 13.3. The van der Waals surface area contributed by atoms with Crippen LogP contribution in [-0.2, 0) is 4.79 Å². The van der Waals surface area contributed by atoms with Crippen LogP contribution >= 0.6 is 11.6 Å². The fourth-order valence-electron chi connectivity index (χ4n) is 2.31. The second kappa shape index (κ2) is 5.16. The van der Waals surface area contributed by atoms with E-state index < -0.39 is 0 Å². The molecule has 2 rings (SSSR count). The quantitative estimate of drug-likeness (QED) is 0.878. The Morgan fingerprint density at radius 2 is 2.22 bits per heavy atom. The third-order valence-electron chi connectivity index (χ3n) is 3.47. The Balaban J connectivity index is 2.26. The first kappa shape index (κ1) is 13.2. The van der Waals surface area contributed by atoms with E-state index in [1.54, 1.807) is 4.90 Å². The number of hydrogen-bond acceptors (Lipinski definition) is 3. The fourth-order valence-corrected chi connectivity index (χ4v) is 2.54. The first-order chi connectivity index (χ1) is 8.52. The molecule has 1 aromatic carbocycles. The van der Waals surface area contributed by atoms with Crippen molar-refractivity contribution in [1.82, 2.24) is 4.90 Å². The van der Waals surface area contributed by atoms with Crippen molar-refractivity contribution in [2.75, 3.05) is 31.6 Å². The smallest absolute Gasteiger partial charge is 0.242 e. The maximum Gasteiger partial charge on any atom is 0.242 e. The molecule has 0 bridgehead atoms. The third kappa shape index (κ3) is 2.44. The van der Waals surface area contributed by atoms with E-state index in [1.165, 1.54) is 0 Å². The molecule has 1 aliphatic heterocycles. The molecule has 98 valence electrons. The lowest BCUT2D eigenvalue weighted by atomic mass is 10.1. The van der Waals surface area contributed by atoms with Crippen LogP contribution in [0, 0.1) is 6.92 Å². The molecule has 1 amide bonds. The number of nitrogens with zero attached hydrogens (tertiary/aromatic N) is 2. The summed E-state index contributed by atoms with van der Waals surface area (Å²) in [5.74, 6) is 0.103. The third-order valence-corrected chi connectivity index (χ3v) is 3.71. The first-order valence-electron chi connectivity index (χ1n) is 5.99. The number of likely N-dealkylation sites (N-methyl/N-ethyl adjacent to an activating group) is 1. The number of anilines is 1. The van der Waals surface area contributed by atoms with Crippen molar-refractivity contribution in [3.8, 4) is 0 Å². The minimum atomic E-state index is 0.0707. The minimum absolute atomic E-state index is 0.0707. The second-order valence-corrected chi connectivity index (χ2v) is 5.14. The van der Waals surface area contributed by atoms with Crippen LogP contribution < -0.4 is 10.6 Å². The largest absolute Gasteiger partial charge is 0.360 e. The molecule has 1 saturated heterocycles. The highest BCUT2D eigenvalue weighted by Gasteiger charge is 2.29. The molecule has 2 N–H and O–H groups in total. The van der Waals surface area contributed by atoms with Crippen molar-refractivity contribution >= 4 is 23.2 Å². The van der Waals surface area contributed by atoms with Gasteiger partial charge in [0.05, 0.1) is 12.6 Å². The van der Waals surface area contributed by atoms with E-state index in [1.807, 2.05) is 32.2 Å². The molecule has 0 radical (unpaired) electrons. The van der Waals surface area contributed by atoms with Crippen LogP contribution in [0.5, 0.6) is 0 Å². The molecule has 1 unspecified atom stereocenters. The van der Waals surface area contributed by atoms with E-state index in [0.717, 1.165) is 17.8 Å². The number of benzene rings is 1. The number of carbonyl (C=O) groups excluding carboxylic acids is 1. The zero-order valence-electron chi connectivity index (χ0n) is 10.7. The fraction of sp³-hybridized carbons (Fsp3) is 0.462. The molecule has 0 spiro atoms. The monoisotopic (exact) mass is 267 g/mol. The zero-order valence-corrected chi connectivity index (χ0v) is 11.4. The number of aryl methyl sites for hydroxylation is 1. The van der Waals surface area contributed by atoms with Gasteiger partial charge in [0.2, 0.25) is 5.91 Å². The summed E-state index contributed by atoms with van der Waals surface area (Å²) in [5.41, 5.74) is 7.85. The minimum Gasteiger partial charge on any atom is -0.360 e. The number of rotatable bonds is 2. The van der Waals surface area contributed by atoms with Gasteiger partial charge in [-0.15, -0.1) is 0 Å². The molecule has 1 aromatic rings. The Morgan fingerprint density at radius 3 is 2.83 bits per heavy atom. The number of hydrogen-bond donors (Lipinski definition) is 1. The topological polar surface area (TPSA) is 49.6 Å². The van der Waals surface area contributed by atoms with Crippen molar-refractivity contribution in [2.45, 2.75) is 13.0 Å². The molecule has 1 aliphatic rings. The lowest BCUT2D eigenvalue weighted by Crippen LogP contribution is -2.57. The Labute approximate surface area is 112 Å². The number of amides is 1. The van der Waals surface area contributed by atoms with Crippen molar-refractivity contribution in [2.24, 2.45) is 5.73 Å². The number of halogens is 1. The maximum absolute atomic E-state index is 11.9. The van der Waals surface area contributed by atoms with Gasteiger partial charge in [-0.2, -0.15) is 0 Å². The molecule has 18 heavy (non-hydrogen) atoms. The highest BCUT2D eigenvalue weighted by Crippen LogP contribution is 2.25.